The van der Waals surface area contributed by atoms with Crippen LogP contribution in [-0.4, -0.2) is 102 Å². The van der Waals surface area contributed by atoms with Gasteiger partial charge >= 0.3 is 12.2 Å². The number of nitrogens with zero attached hydrogens (tertiary/aromatic N) is 4. The summed E-state index contributed by atoms with van der Waals surface area (Å²) < 4.78 is 10.9. The molecule has 15 nitrogen and oxygen atoms in total. The molecule has 5 aromatic rings. The summed E-state index contributed by atoms with van der Waals surface area (Å²) in [6, 6.07) is 19.4. The van der Waals surface area contributed by atoms with Crippen LogP contribution in [0.3, 0.4) is 0 Å². The number of ether oxygens (including phenoxy) is 2. The Kier molecular flexibility index (Phi) is 10.7. The topological polar surface area (TPSA) is 195 Å². The summed E-state index contributed by atoms with van der Waals surface area (Å²) in [5.74, 6) is 1.79. The normalized spacial score (nSPS) is 27.8. The first-order chi connectivity index (χ1) is 30.8. The maximum absolute atomic E-state index is 14.4. The third-order valence-corrected chi connectivity index (χ3v) is 14.3. The Morgan fingerprint density at radius 2 is 1.22 bits per heavy atom. The van der Waals surface area contributed by atoms with Crippen molar-refractivity contribution < 1.29 is 33.8 Å². The molecular weight excluding hydrogens is 813 g/mol. The Labute approximate surface area is 371 Å². The lowest BCUT2D eigenvalue weighted by Crippen LogP contribution is -2.55. The van der Waals surface area contributed by atoms with E-state index in [2.05, 4.69) is 81.3 Å². The molecule has 10 rings (SSSR count). The van der Waals surface area contributed by atoms with Crippen LogP contribution in [0.1, 0.15) is 90.0 Å². The molecule has 5 aliphatic rings. The predicted octanol–water partition coefficient (Wildman–Crippen LogP) is 7.83. The van der Waals surface area contributed by atoms with Crippen molar-refractivity contribution in [2.75, 3.05) is 7.11 Å². The van der Waals surface area contributed by atoms with Crippen LogP contribution >= 0.6 is 0 Å². The van der Waals surface area contributed by atoms with E-state index in [-0.39, 0.29) is 60.0 Å². The molecule has 0 spiro atoms. The molecule has 0 radical (unpaired) electrons. The second kappa shape index (κ2) is 16.4. The van der Waals surface area contributed by atoms with Crippen molar-refractivity contribution in [2.24, 2.45) is 23.7 Å². The van der Waals surface area contributed by atoms with Crippen LogP contribution in [0.2, 0.25) is 0 Å². The fourth-order valence-corrected chi connectivity index (χ4v) is 11.0. The van der Waals surface area contributed by atoms with Crippen LogP contribution in [-0.2, 0) is 19.1 Å². The number of benzene rings is 3. The predicted molar refractivity (Wildman–Crippen MR) is 239 cm³/mol. The molecule has 5 N–H and O–H groups in total. The Morgan fingerprint density at radius 1 is 0.703 bits per heavy atom. The fourth-order valence-electron chi connectivity index (χ4n) is 11.0. The number of H-pyrrole nitrogens is 2. The molecule has 4 amide bonds. The third kappa shape index (κ3) is 7.88. The molecule has 0 bridgehead atoms. The molecule has 11 atom stereocenters. The van der Waals surface area contributed by atoms with Crippen molar-refractivity contribution in [3.63, 3.8) is 0 Å². The fraction of sp³-hybridized carbons (Fsp3) is 0.469. The number of piperidine rings is 2. The van der Waals surface area contributed by atoms with Crippen molar-refractivity contribution in [3.05, 3.63) is 84.7 Å². The number of hydrogen-bond donors (Lipinski definition) is 5. The van der Waals surface area contributed by atoms with E-state index in [1.165, 1.54) is 7.11 Å². The van der Waals surface area contributed by atoms with E-state index in [4.69, 9.17) is 19.4 Å². The molecular formula is C49H56N8O7. The van der Waals surface area contributed by atoms with Crippen LogP contribution in [0.5, 0.6) is 0 Å². The molecule has 15 heteroatoms. The monoisotopic (exact) mass is 868 g/mol. The van der Waals surface area contributed by atoms with E-state index in [0.717, 1.165) is 81.7 Å². The smallest absolute Gasteiger partial charge is 0.407 e. The summed E-state index contributed by atoms with van der Waals surface area (Å²) in [4.78, 5) is 72.7. The number of aromatic nitrogens is 4. The van der Waals surface area contributed by atoms with E-state index >= 15 is 0 Å². The number of carboxylic acid groups (broad SMARTS) is 1. The zero-order chi connectivity index (χ0) is 44.6. The number of rotatable bonds is 11. The molecule has 2 aliphatic carbocycles. The lowest BCUT2D eigenvalue weighted by atomic mass is 9.85. The van der Waals surface area contributed by atoms with Gasteiger partial charge in [-0.15, -0.1) is 0 Å². The van der Waals surface area contributed by atoms with Crippen molar-refractivity contribution in [3.8, 4) is 33.6 Å². The zero-order valence-electron chi connectivity index (χ0n) is 36.8. The van der Waals surface area contributed by atoms with Crippen LogP contribution in [0.15, 0.2) is 73.1 Å². The minimum atomic E-state index is -1.20. The highest BCUT2D eigenvalue weighted by Crippen LogP contribution is 2.55. The number of likely N-dealkylation sites (tertiary alicyclic amines) is 2. The minimum Gasteiger partial charge on any atom is -0.465 e. The van der Waals surface area contributed by atoms with Gasteiger partial charge in [-0.3, -0.25) is 9.59 Å². The van der Waals surface area contributed by atoms with E-state index in [1.54, 1.807) is 0 Å². The third-order valence-electron chi connectivity index (χ3n) is 14.3. The Hall–Kier alpha value is -6.22. The Morgan fingerprint density at radius 3 is 1.78 bits per heavy atom. The number of amides is 4. The summed E-state index contributed by atoms with van der Waals surface area (Å²) in [7, 11) is 1.32. The van der Waals surface area contributed by atoms with Crippen molar-refractivity contribution in [1.82, 2.24) is 40.4 Å². The first-order valence-electron chi connectivity index (χ1n) is 22.7. The average molecular weight is 869 g/mol. The standard InChI is InChI=1S/C49H56N8O7/c1-24(2)42(54-48(60)61)46(58)56-38-18-33(38)20-40(56)45-51-23-37(53-45)32-13-12-30-16-29(10-11-31(30)17-32)27-6-8-28(9-7-27)36-22-50-44(52-36)41-21-34-19-39(34)57(41)47(59)43(55-49(62)63-5)35-14-25(3)64-26(4)15-35/h6-13,16-17,22-26,33-35,38-43,54H,14-15,18-21H2,1-5H3,(H,50,52)(H,51,53)(H,55,62)(H,60,61)/t25-,26+,33-,34-,35?,38-,39-,40+,41?,42+,43+/m1/s1. The van der Waals surface area contributed by atoms with Gasteiger partial charge in [0.25, 0.3) is 0 Å². The number of alkyl carbamates (subject to hydrolysis) is 1. The van der Waals surface area contributed by atoms with Gasteiger partial charge in [0.15, 0.2) is 0 Å². The number of hydrogen-bond acceptors (Lipinski definition) is 8. The second-order valence-electron chi connectivity index (χ2n) is 19.1. The number of nitrogens with one attached hydrogen (secondary N) is 4. The van der Waals surface area contributed by atoms with E-state index in [1.807, 2.05) is 49.9 Å². The molecule has 2 saturated carbocycles. The van der Waals surface area contributed by atoms with Gasteiger partial charge in [0, 0.05) is 35.6 Å². The van der Waals surface area contributed by atoms with Gasteiger partial charge in [0.2, 0.25) is 11.8 Å². The summed E-state index contributed by atoms with van der Waals surface area (Å²) >= 11 is 0. The molecule has 2 aromatic heterocycles. The van der Waals surface area contributed by atoms with E-state index in [9.17, 15) is 24.3 Å². The van der Waals surface area contributed by atoms with Gasteiger partial charge < -0.3 is 45.0 Å². The number of carbonyl (C=O) groups is 4. The first-order valence-corrected chi connectivity index (χ1v) is 22.7. The second-order valence-corrected chi connectivity index (χ2v) is 19.1. The highest BCUT2D eigenvalue weighted by Gasteiger charge is 2.58. The number of methoxy groups -OCH3 is 1. The number of imidazole rings is 2. The highest BCUT2D eigenvalue weighted by molar-refractivity contribution is 5.91. The number of aromatic amines is 2. The zero-order valence-corrected chi connectivity index (χ0v) is 36.8. The Balaban J connectivity index is 0.823. The molecule has 5 heterocycles. The quantitative estimate of drug-likeness (QED) is 0.0879. The first kappa shape index (κ1) is 41.8. The van der Waals surface area contributed by atoms with Crippen LogP contribution in [0, 0.1) is 23.7 Å². The SMILES string of the molecule is COC(=O)N[C@H](C(=O)N1C(c2nc(-c3ccc(-c4ccc5cc(-c6c[nH]c([C@@H]7C[C@H]8C[C@H]8N7C(=O)[C@@H](NC(=O)O)C(C)C)n6)ccc5c4)cc3)c[nH]2)C[C@H]2C[C@H]21)C1C[C@@H](C)O[C@@H](C)C1. The molecule has 3 saturated heterocycles. The minimum absolute atomic E-state index is 0.0122. The van der Waals surface area contributed by atoms with Gasteiger partial charge in [-0.05, 0) is 110 Å². The summed E-state index contributed by atoms with van der Waals surface area (Å²) in [5.41, 5.74) is 5.67. The summed E-state index contributed by atoms with van der Waals surface area (Å²) in [6.45, 7) is 7.74. The maximum atomic E-state index is 14.4. The van der Waals surface area contributed by atoms with Crippen molar-refractivity contribution in [2.45, 2.75) is 115 Å². The van der Waals surface area contributed by atoms with Crippen molar-refractivity contribution in [1.29, 1.82) is 0 Å². The lowest BCUT2D eigenvalue weighted by molar-refractivity contribution is -0.140. The highest BCUT2D eigenvalue weighted by atomic mass is 16.5. The number of fused-ring (bicyclic) bond motifs is 3. The van der Waals surface area contributed by atoms with Gasteiger partial charge in [0.1, 0.15) is 23.7 Å². The molecule has 2 unspecified atom stereocenters. The molecule has 5 fully saturated rings. The van der Waals surface area contributed by atoms with Crippen LogP contribution in [0.25, 0.3) is 44.4 Å². The molecule has 3 aliphatic heterocycles. The van der Waals surface area contributed by atoms with E-state index < -0.39 is 24.3 Å². The average Bonchev–Trinajstić information content (AvgIpc) is 3.86. The largest absolute Gasteiger partial charge is 0.465 e. The summed E-state index contributed by atoms with van der Waals surface area (Å²) in [5, 5.41) is 16.9. The van der Waals surface area contributed by atoms with Gasteiger partial charge in [0.05, 0.1) is 42.8 Å². The summed E-state index contributed by atoms with van der Waals surface area (Å²) in [6.07, 6.45) is 6.86. The lowest BCUT2D eigenvalue weighted by Gasteiger charge is -2.38. The molecule has 334 valence electrons. The van der Waals surface area contributed by atoms with Gasteiger partial charge in [-0.25, -0.2) is 19.6 Å². The number of carbonyl (C=O) groups excluding carboxylic acids is 3. The van der Waals surface area contributed by atoms with Gasteiger partial charge in [-0.1, -0.05) is 62.4 Å². The maximum Gasteiger partial charge on any atom is 0.407 e. The van der Waals surface area contributed by atoms with Crippen LogP contribution in [0.4, 0.5) is 9.59 Å². The van der Waals surface area contributed by atoms with E-state index in [0.29, 0.717) is 24.7 Å². The van der Waals surface area contributed by atoms with Crippen molar-refractivity contribution >= 4 is 34.8 Å². The van der Waals surface area contributed by atoms with Gasteiger partial charge in [-0.2, -0.15) is 0 Å². The molecule has 3 aromatic carbocycles. The van der Waals surface area contributed by atoms with Crippen LogP contribution < -0.4 is 10.6 Å². The molecule has 64 heavy (non-hydrogen) atoms. The Bertz CT molecular complexity index is 2600.